The smallest absolute Gasteiger partial charge is 0.133 e. The lowest BCUT2D eigenvalue weighted by Crippen LogP contribution is -2.11. The Kier molecular flexibility index (Phi) is 4.61. The van der Waals surface area contributed by atoms with Crippen molar-refractivity contribution in [3.63, 3.8) is 0 Å². The Morgan fingerprint density at radius 2 is 1.75 bits per heavy atom. The van der Waals surface area contributed by atoms with Gasteiger partial charge in [0.15, 0.2) is 0 Å². The molecule has 2 aromatic rings. The first-order valence-electron chi connectivity index (χ1n) is 6.50. The zero-order valence-corrected chi connectivity index (χ0v) is 11.8. The number of ether oxygens (including phenoxy) is 1. The van der Waals surface area contributed by atoms with Gasteiger partial charge in [0.25, 0.3) is 0 Å². The molecule has 0 fully saturated rings. The minimum absolute atomic E-state index is 0.101. The van der Waals surface area contributed by atoms with Crippen LogP contribution in [-0.2, 0) is 13.2 Å². The number of nitrogens with zero attached hydrogens (tertiary/aromatic N) is 1. The second-order valence-electron chi connectivity index (χ2n) is 4.97. The quantitative estimate of drug-likeness (QED) is 0.821. The number of benzene rings is 2. The normalized spacial score (nSPS) is 10.8. The lowest BCUT2D eigenvalue weighted by atomic mass is 10.1. The zero-order valence-electron chi connectivity index (χ0n) is 11.8. The van der Waals surface area contributed by atoms with E-state index in [1.165, 1.54) is 0 Å². The van der Waals surface area contributed by atoms with E-state index in [4.69, 9.17) is 10.5 Å². The molecular formula is C16H20N2O2. The number of aliphatic hydroxyl groups excluding tert-OH is 1. The van der Waals surface area contributed by atoms with Gasteiger partial charge >= 0.3 is 0 Å². The number of hydrogen-bond acceptors (Lipinski definition) is 4. The van der Waals surface area contributed by atoms with Crippen LogP contribution >= 0.6 is 0 Å². The van der Waals surface area contributed by atoms with Crippen molar-refractivity contribution in [1.29, 1.82) is 0 Å². The molecule has 0 heterocycles. The SMILES string of the molecule is CN(C)Cc1ccccc1Oc1ccc(N)cc1CO. The van der Waals surface area contributed by atoms with Crippen LogP contribution in [-0.4, -0.2) is 24.1 Å². The van der Waals surface area contributed by atoms with E-state index in [-0.39, 0.29) is 6.61 Å². The maximum Gasteiger partial charge on any atom is 0.133 e. The molecule has 2 rings (SSSR count). The fraction of sp³-hybridized carbons (Fsp3) is 0.250. The van der Waals surface area contributed by atoms with Crippen molar-refractivity contribution in [2.75, 3.05) is 19.8 Å². The molecule has 0 aromatic heterocycles. The Morgan fingerprint density at radius 1 is 1.05 bits per heavy atom. The Balaban J connectivity index is 2.30. The predicted octanol–water partition coefficient (Wildman–Crippen LogP) is 2.62. The van der Waals surface area contributed by atoms with Crippen LogP contribution in [0.3, 0.4) is 0 Å². The van der Waals surface area contributed by atoms with Gasteiger partial charge in [-0.05, 0) is 38.4 Å². The Morgan fingerprint density at radius 3 is 2.45 bits per heavy atom. The van der Waals surface area contributed by atoms with Gasteiger partial charge in [0.1, 0.15) is 11.5 Å². The van der Waals surface area contributed by atoms with E-state index in [1.54, 1.807) is 18.2 Å². The predicted molar refractivity (Wildman–Crippen MR) is 80.7 cm³/mol. The third kappa shape index (κ3) is 3.50. The summed E-state index contributed by atoms with van der Waals surface area (Å²) in [5.41, 5.74) is 8.11. The summed E-state index contributed by atoms with van der Waals surface area (Å²) in [5, 5.41) is 9.39. The fourth-order valence-electron chi connectivity index (χ4n) is 2.02. The number of aliphatic hydroxyl groups is 1. The van der Waals surface area contributed by atoms with E-state index < -0.39 is 0 Å². The molecule has 106 valence electrons. The van der Waals surface area contributed by atoms with Gasteiger partial charge in [0.2, 0.25) is 0 Å². The molecule has 0 saturated heterocycles. The maximum absolute atomic E-state index is 9.39. The van der Waals surface area contributed by atoms with Crippen LogP contribution in [0.1, 0.15) is 11.1 Å². The third-order valence-corrected chi connectivity index (χ3v) is 2.93. The lowest BCUT2D eigenvalue weighted by molar-refractivity contribution is 0.276. The first kappa shape index (κ1) is 14.4. The summed E-state index contributed by atoms with van der Waals surface area (Å²) in [6.07, 6.45) is 0. The van der Waals surface area contributed by atoms with Gasteiger partial charge in [-0.1, -0.05) is 18.2 Å². The Bertz CT molecular complexity index is 582. The van der Waals surface area contributed by atoms with E-state index in [0.717, 1.165) is 17.9 Å². The largest absolute Gasteiger partial charge is 0.457 e. The van der Waals surface area contributed by atoms with Gasteiger partial charge in [0, 0.05) is 23.4 Å². The molecule has 2 aromatic carbocycles. The number of hydrogen-bond donors (Lipinski definition) is 2. The van der Waals surface area contributed by atoms with Crippen LogP contribution in [0.25, 0.3) is 0 Å². The molecule has 0 aliphatic carbocycles. The molecule has 0 bridgehead atoms. The minimum atomic E-state index is -0.101. The second kappa shape index (κ2) is 6.41. The molecule has 0 aliphatic rings. The molecule has 20 heavy (non-hydrogen) atoms. The highest BCUT2D eigenvalue weighted by atomic mass is 16.5. The minimum Gasteiger partial charge on any atom is -0.457 e. The fourth-order valence-corrected chi connectivity index (χ4v) is 2.02. The highest BCUT2D eigenvalue weighted by molar-refractivity contribution is 5.49. The average Bonchev–Trinajstić information content (AvgIpc) is 2.42. The van der Waals surface area contributed by atoms with Crippen LogP contribution in [0.2, 0.25) is 0 Å². The summed E-state index contributed by atoms with van der Waals surface area (Å²) in [6.45, 7) is 0.690. The standard InChI is InChI=1S/C16H20N2O2/c1-18(2)10-12-5-3-4-6-15(12)20-16-8-7-14(17)9-13(16)11-19/h3-9,19H,10-11,17H2,1-2H3. The van der Waals surface area contributed by atoms with Crippen LogP contribution in [0.4, 0.5) is 5.69 Å². The van der Waals surface area contributed by atoms with Gasteiger partial charge < -0.3 is 20.5 Å². The number of para-hydroxylation sites is 1. The van der Waals surface area contributed by atoms with Crippen molar-refractivity contribution < 1.29 is 9.84 Å². The molecule has 0 unspecified atom stereocenters. The summed E-state index contributed by atoms with van der Waals surface area (Å²) in [7, 11) is 4.03. The molecule has 0 saturated carbocycles. The number of nitrogen functional groups attached to an aromatic ring is 1. The summed E-state index contributed by atoms with van der Waals surface area (Å²) >= 11 is 0. The first-order valence-corrected chi connectivity index (χ1v) is 6.50. The van der Waals surface area contributed by atoms with Crippen molar-refractivity contribution in [3.8, 4) is 11.5 Å². The molecule has 4 heteroatoms. The van der Waals surface area contributed by atoms with Gasteiger partial charge in [0.05, 0.1) is 6.61 Å². The molecule has 3 N–H and O–H groups in total. The molecule has 0 radical (unpaired) electrons. The number of rotatable bonds is 5. The van der Waals surface area contributed by atoms with E-state index >= 15 is 0 Å². The average molecular weight is 272 g/mol. The van der Waals surface area contributed by atoms with E-state index in [1.807, 2.05) is 38.4 Å². The topological polar surface area (TPSA) is 58.7 Å². The van der Waals surface area contributed by atoms with Crippen molar-refractivity contribution in [3.05, 3.63) is 53.6 Å². The first-order chi connectivity index (χ1) is 9.60. The number of nitrogens with two attached hydrogens (primary N) is 1. The highest BCUT2D eigenvalue weighted by Gasteiger charge is 2.09. The van der Waals surface area contributed by atoms with Gasteiger partial charge in [-0.2, -0.15) is 0 Å². The summed E-state index contributed by atoms with van der Waals surface area (Å²) in [4.78, 5) is 2.08. The van der Waals surface area contributed by atoms with Crippen molar-refractivity contribution >= 4 is 5.69 Å². The molecular weight excluding hydrogens is 252 g/mol. The highest BCUT2D eigenvalue weighted by Crippen LogP contribution is 2.29. The van der Waals surface area contributed by atoms with Gasteiger partial charge in [-0.3, -0.25) is 0 Å². The summed E-state index contributed by atoms with van der Waals surface area (Å²) < 4.78 is 5.95. The van der Waals surface area contributed by atoms with Crippen molar-refractivity contribution in [2.45, 2.75) is 13.2 Å². The van der Waals surface area contributed by atoms with E-state index in [0.29, 0.717) is 17.0 Å². The van der Waals surface area contributed by atoms with E-state index in [9.17, 15) is 5.11 Å². The molecule has 4 nitrogen and oxygen atoms in total. The van der Waals surface area contributed by atoms with Gasteiger partial charge in [-0.15, -0.1) is 0 Å². The Hall–Kier alpha value is -2.04. The monoisotopic (exact) mass is 272 g/mol. The number of anilines is 1. The Labute approximate surface area is 119 Å². The molecule has 0 aliphatic heterocycles. The van der Waals surface area contributed by atoms with E-state index in [2.05, 4.69) is 4.90 Å². The summed E-state index contributed by atoms with van der Waals surface area (Å²) in [5.74, 6) is 1.42. The molecule has 0 spiro atoms. The second-order valence-corrected chi connectivity index (χ2v) is 4.97. The van der Waals surface area contributed by atoms with Crippen molar-refractivity contribution in [1.82, 2.24) is 4.90 Å². The summed E-state index contributed by atoms with van der Waals surface area (Å²) in [6, 6.07) is 13.2. The van der Waals surface area contributed by atoms with Crippen molar-refractivity contribution in [2.24, 2.45) is 0 Å². The zero-order chi connectivity index (χ0) is 14.5. The molecule has 0 amide bonds. The van der Waals surface area contributed by atoms with Crippen LogP contribution in [0.15, 0.2) is 42.5 Å². The van der Waals surface area contributed by atoms with Crippen LogP contribution in [0.5, 0.6) is 11.5 Å². The molecule has 0 atom stereocenters. The van der Waals surface area contributed by atoms with Crippen LogP contribution < -0.4 is 10.5 Å². The van der Waals surface area contributed by atoms with Gasteiger partial charge in [-0.25, -0.2) is 0 Å². The maximum atomic E-state index is 9.39. The van der Waals surface area contributed by atoms with Crippen LogP contribution in [0, 0.1) is 0 Å². The lowest BCUT2D eigenvalue weighted by Gasteiger charge is -2.16. The third-order valence-electron chi connectivity index (χ3n) is 2.93.